The van der Waals surface area contributed by atoms with Crippen LogP contribution in [0.25, 0.3) is 0 Å². The molecular formula is C32H43Cl2FN4O4. The summed E-state index contributed by atoms with van der Waals surface area (Å²) in [6, 6.07) is 8.40. The molecule has 4 rings (SSSR count). The number of rotatable bonds is 11. The Kier molecular flexibility index (Phi) is 10.8. The molecule has 0 spiro atoms. The summed E-state index contributed by atoms with van der Waals surface area (Å²) in [6.45, 7) is 8.03. The van der Waals surface area contributed by atoms with Crippen LogP contribution in [0.4, 0.5) is 10.1 Å². The molecule has 0 saturated carbocycles. The van der Waals surface area contributed by atoms with E-state index < -0.39 is 35.3 Å². The van der Waals surface area contributed by atoms with Gasteiger partial charge in [0.1, 0.15) is 12.1 Å². The van der Waals surface area contributed by atoms with Crippen molar-refractivity contribution in [3.05, 3.63) is 63.4 Å². The van der Waals surface area contributed by atoms with Crippen molar-refractivity contribution in [3.63, 3.8) is 0 Å². The molecule has 5 N–H and O–H groups in total. The first-order chi connectivity index (χ1) is 20.3. The summed E-state index contributed by atoms with van der Waals surface area (Å²) in [5.41, 5.74) is -0.0816. The topological polar surface area (TPSA) is 114 Å². The van der Waals surface area contributed by atoms with Crippen molar-refractivity contribution in [2.24, 2.45) is 5.41 Å². The zero-order chi connectivity index (χ0) is 31.5. The van der Waals surface area contributed by atoms with E-state index in [1.54, 1.807) is 25.2 Å². The normalized spacial score (nSPS) is 26.8. The molecule has 0 aliphatic carbocycles. The van der Waals surface area contributed by atoms with Gasteiger partial charge in [0.25, 0.3) is 0 Å². The highest BCUT2D eigenvalue weighted by Crippen LogP contribution is 2.52. The van der Waals surface area contributed by atoms with Gasteiger partial charge in [0.2, 0.25) is 5.91 Å². The van der Waals surface area contributed by atoms with E-state index in [1.807, 2.05) is 31.7 Å². The molecule has 43 heavy (non-hydrogen) atoms. The Labute approximate surface area is 263 Å². The quantitative estimate of drug-likeness (QED) is 0.236. The van der Waals surface area contributed by atoms with E-state index in [9.17, 15) is 19.8 Å². The Morgan fingerprint density at radius 1 is 1.28 bits per heavy atom. The monoisotopic (exact) mass is 636 g/mol. The number of anilines is 1. The molecule has 0 aromatic heterocycles. The number of nitrogens with one attached hydrogen (secondary N) is 3. The number of aliphatic hydroxyl groups excluding tert-OH is 2. The minimum atomic E-state index is -1.38. The number of amides is 1. The first-order valence-corrected chi connectivity index (χ1v) is 15.6. The van der Waals surface area contributed by atoms with Gasteiger partial charge in [-0.3, -0.25) is 9.69 Å². The molecule has 6 unspecified atom stereocenters. The molecule has 2 heterocycles. The van der Waals surface area contributed by atoms with Gasteiger partial charge in [0.05, 0.1) is 28.7 Å². The highest BCUT2D eigenvalue weighted by Gasteiger charge is 2.60. The van der Waals surface area contributed by atoms with Crippen molar-refractivity contribution >= 4 is 41.1 Å². The molecule has 0 radical (unpaired) electrons. The van der Waals surface area contributed by atoms with E-state index in [0.29, 0.717) is 54.2 Å². The standard InChI is InChI=1S/C32H43Cl2FN4O4/c1-31(2,3)15-27-32(18-40,23-13-25(35)24(34)14-26(23)36-4)28(19-6-5-7-20(33)12-19)29(38-27)30(43)37-10-8-21(41)16-39-11-9-22(42)17-39/h5-7,12-14,18,21-22,27-29,36,38,41-42H,8-11,15-17H2,1-4H3,(H,37,43). The van der Waals surface area contributed by atoms with Crippen molar-refractivity contribution in [3.8, 4) is 0 Å². The van der Waals surface area contributed by atoms with Crippen LogP contribution in [0.2, 0.25) is 10.0 Å². The summed E-state index contributed by atoms with van der Waals surface area (Å²) >= 11 is 12.6. The lowest BCUT2D eigenvalue weighted by Crippen LogP contribution is -2.47. The zero-order valence-electron chi connectivity index (χ0n) is 25.2. The minimum Gasteiger partial charge on any atom is -0.392 e. The molecule has 2 saturated heterocycles. The average Bonchev–Trinajstić information content (AvgIpc) is 3.49. The van der Waals surface area contributed by atoms with E-state index in [4.69, 9.17) is 23.2 Å². The fourth-order valence-corrected chi connectivity index (χ4v) is 7.07. The molecule has 2 aliphatic rings. The number of benzene rings is 2. The van der Waals surface area contributed by atoms with E-state index in [0.717, 1.165) is 12.8 Å². The summed E-state index contributed by atoms with van der Waals surface area (Å²) in [6.07, 6.45) is 1.30. The van der Waals surface area contributed by atoms with E-state index in [-0.39, 0.29) is 29.0 Å². The Hall–Kier alpha value is -2.27. The third-order valence-corrected chi connectivity index (χ3v) is 9.12. The Balaban J connectivity index is 1.72. The van der Waals surface area contributed by atoms with Crippen LogP contribution in [0, 0.1) is 11.2 Å². The van der Waals surface area contributed by atoms with Gasteiger partial charge in [0.15, 0.2) is 0 Å². The van der Waals surface area contributed by atoms with Crippen molar-refractivity contribution < 1.29 is 24.2 Å². The summed E-state index contributed by atoms with van der Waals surface area (Å²) < 4.78 is 15.1. The molecule has 2 aromatic rings. The summed E-state index contributed by atoms with van der Waals surface area (Å²) in [4.78, 5) is 29.5. The first-order valence-electron chi connectivity index (χ1n) is 14.8. The molecule has 2 fully saturated rings. The number of carbonyl (C=O) groups is 2. The van der Waals surface area contributed by atoms with Gasteiger partial charge in [-0.05, 0) is 60.1 Å². The molecule has 2 aromatic carbocycles. The van der Waals surface area contributed by atoms with Gasteiger partial charge < -0.3 is 31.0 Å². The highest BCUT2D eigenvalue weighted by atomic mass is 35.5. The number of aldehydes is 1. The number of aliphatic hydroxyl groups is 2. The number of hydrogen-bond acceptors (Lipinski definition) is 7. The van der Waals surface area contributed by atoms with Crippen LogP contribution in [0.15, 0.2) is 36.4 Å². The van der Waals surface area contributed by atoms with Crippen molar-refractivity contribution in [2.45, 2.75) is 75.7 Å². The second-order valence-electron chi connectivity index (χ2n) is 13.0. The largest absolute Gasteiger partial charge is 0.392 e. The zero-order valence-corrected chi connectivity index (χ0v) is 26.7. The van der Waals surface area contributed by atoms with E-state index in [1.165, 1.54) is 12.1 Å². The van der Waals surface area contributed by atoms with Gasteiger partial charge in [0, 0.05) is 55.9 Å². The number of β-amino-alcohol motifs (C(OH)–C–C–N with tert-alkyl or cyclic N) is 2. The summed E-state index contributed by atoms with van der Waals surface area (Å²) in [5, 5.41) is 30.2. The lowest BCUT2D eigenvalue weighted by Gasteiger charge is -2.39. The molecule has 1 amide bonds. The van der Waals surface area contributed by atoms with Gasteiger partial charge in [-0.2, -0.15) is 0 Å². The highest BCUT2D eigenvalue weighted by molar-refractivity contribution is 6.31. The number of likely N-dealkylation sites (tertiary alicyclic amines) is 1. The molecule has 236 valence electrons. The third-order valence-electron chi connectivity index (χ3n) is 8.60. The predicted octanol–water partition coefficient (Wildman–Crippen LogP) is 4.11. The van der Waals surface area contributed by atoms with E-state index >= 15 is 4.39 Å². The molecule has 11 heteroatoms. The maximum Gasteiger partial charge on any atom is 0.237 e. The smallest absolute Gasteiger partial charge is 0.237 e. The minimum absolute atomic E-state index is 0.0805. The summed E-state index contributed by atoms with van der Waals surface area (Å²) in [7, 11) is 1.68. The third kappa shape index (κ3) is 7.52. The van der Waals surface area contributed by atoms with Gasteiger partial charge >= 0.3 is 0 Å². The lowest BCUT2D eigenvalue weighted by molar-refractivity contribution is -0.123. The van der Waals surface area contributed by atoms with Crippen LogP contribution < -0.4 is 16.0 Å². The van der Waals surface area contributed by atoms with Gasteiger partial charge in [-0.1, -0.05) is 56.1 Å². The predicted molar refractivity (Wildman–Crippen MR) is 168 cm³/mol. The second-order valence-corrected chi connectivity index (χ2v) is 13.9. The molecule has 8 nitrogen and oxygen atoms in total. The maximum atomic E-state index is 15.1. The number of halogens is 3. The fraction of sp³-hybridized carbons (Fsp3) is 0.562. The van der Waals surface area contributed by atoms with Crippen molar-refractivity contribution in [2.75, 3.05) is 38.5 Å². The van der Waals surface area contributed by atoms with E-state index in [2.05, 4.69) is 16.0 Å². The first kappa shape index (κ1) is 33.6. The van der Waals surface area contributed by atoms with Crippen molar-refractivity contribution in [1.82, 2.24) is 15.5 Å². The Bertz CT molecular complexity index is 1310. The van der Waals surface area contributed by atoms with Crippen LogP contribution in [0.3, 0.4) is 0 Å². The second kappa shape index (κ2) is 13.8. The Morgan fingerprint density at radius 2 is 2.02 bits per heavy atom. The molecule has 6 atom stereocenters. The van der Waals surface area contributed by atoms with Crippen LogP contribution in [0.1, 0.15) is 57.1 Å². The van der Waals surface area contributed by atoms with Crippen LogP contribution in [-0.2, 0) is 15.0 Å². The molecule has 2 aliphatic heterocycles. The number of carbonyl (C=O) groups excluding carboxylic acids is 2. The Morgan fingerprint density at radius 3 is 2.63 bits per heavy atom. The summed E-state index contributed by atoms with van der Waals surface area (Å²) in [5.74, 6) is -1.75. The fourth-order valence-electron chi connectivity index (χ4n) is 6.70. The van der Waals surface area contributed by atoms with Gasteiger partial charge in [-0.25, -0.2) is 4.39 Å². The maximum absolute atomic E-state index is 15.1. The SMILES string of the molecule is CNc1cc(Cl)c(F)cc1C1(C=O)C(CC(C)(C)C)NC(C(=O)NCCC(O)CN2CCC(O)C2)C1c1cccc(Cl)c1. The van der Waals surface area contributed by atoms with Crippen LogP contribution in [0.5, 0.6) is 0 Å². The van der Waals surface area contributed by atoms with Crippen LogP contribution in [-0.4, -0.2) is 84.8 Å². The molecule has 0 bridgehead atoms. The van der Waals surface area contributed by atoms with Gasteiger partial charge in [-0.15, -0.1) is 0 Å². The van der Waals surface area contributed by atoms with Crippen molar-refractivity contribution in [1.29, 1.82) is 0 Å². The lowest BCUT2D eigenvalue weighted by atomic mass is 9.62. The number of hydrogen-bond donors (Lipinski definition) is 5. The van der Waals surface area contributed by atoms with Crippen LogP contribution >= 0.6 is 23.2 Å². The molecular weight excluding hydrogens is 594 g/mol. The number of nitrogens with zero attached hydrogens (tertiary/aromatic N) is 1. The average molecular weight is 638 g/mol.